The summed E-state index contributed by atoms with van der Waals surface area (Å²) in [5.41, 5.74) is 1.81. The topological polar surface area (TPSA) is 94.4 Å². The van der Waals surface area contributed by atoms with Gasteiger partial charge in [0.25, 0.3) is 17.7 Å². The molecule has 0 aliphatic carbocycles. The Labute approximate surface area is 230 Å². The molecule has 0 spiro atoms. The van der Waals surface area contributed by atoms with Gasteiger partial charge in [0, 0.05) is 44.3 Å². The van der Waals surface area contributed by atoms with Gasteiger partial charge in [-0.2, -0.15) is 0 Å². The summed E-state index contributed by atoms with van der Waals surface area (Å²) in [7, 11) is 0. The van der Waals surface area contributed by atoms with Gasteiger partial charge in [0.2, 0.25) is 5.91 Å². The predicted octanol–water partition coefficient (Wildman–Crippen LogP) is 3.93. The van der Waals surface area contributed by atoms with Crippen LogP contribution in [0.3, 0.4) is 0 Å². The number of rotatable bonds is 4. The minimum Gasteiger partial charge on any atom is -0.459 e. The van der Waals surface area contributed by atoms with Crippen LogP contribution in [-0.2, 0) is 4.79 Å². The summed E-state index contributed by atoms with van der Waals surface area (Å²) in [6, 6.07) is 15.3. The molecule has 0 radical (unpaired) electrons. The number of hydrogen-bond acceptors (Lipinski definition) is 6. The molecule has 3 aliphatic rings. The second-order valence-electron chi connectivity index (χ2n) is 10.0. The minimum absolute atomic E-state index is 0.0559. The van der Waals surface area contributed by atoms with Crippen molar-refractivity contribution in [2.24, 2.45) is 5.92 Å². The molecule has 200 valence electrons. The number of piperazine rings is 1. The van der Waals surface area contributed by atoms with Crippen LogP contribution in [0.2, 0.25) is 5.02 Å². The highest BCUT2D eigenvalue weighted by molar-refractivity contribution is 6.37. The molecule has 4 heterocycles. The number of amides is 4. The molecular formula is C29H27ClN4O5. The molecule has 4 amide bonds. The van der Waals surface area contributed by atoms with Crippen LogP contribution in [0.4, 0.5) is 11.4 Å². The van der Waals surface area contributed by atoms with Gasteiger partial charge in [0.1, 0.15) is 0 Å². The van der Waals surface area contributed by atoms with Crippen LogP contribution in [-0.4, -0.2) is 72.7 Å². The Morgan fingerprint density at radius 2 is 1.64 bits per heavy atom. The predicted molar refractivity (Wildman–Crippen MR) is 145 cm³/mol. The average Bonchev–Trinajstić information content (AvgIpc) is 3.59. The summed E-state index contributed by atoms with van der Waals surface area (Å²) in [4.78, 5) is 59.6. The van der Waals surface area contributed by atoms with Gasteiger partial charge < -0.3 is 19.1 Å². The third-order valence-electron chi connectivity index (χ3n) is 7.68. The highest BCUT2D eigenvalue weighted by atomic mass is 35.5. The Bertz CT molecular complexity index is 1450. The molecule has 0 bridgehead atoms. The first-order chi connectivity index (χ1) is 18.9. The van der Waals surface area contributed by atoms with Crippen molar-refractivity contribution in [3.05, 3.63) is 82.8 Å². The number of benzene rings is 2. The number of piperidine rings is 1. The van der Waals surface area contributed by atoms with Crippen molar-refractivity contribution < 1.29 is 23.6 Å². The highest BCUT2D eigenvalue weighted by Crippen LogP contribution is 2.37. The van der Waals surface area contributed by atoms with Crippen molar-refractivity contribution in [1.29, 1.82) is 0 Å². The Morgan fingerprint density at radius 1 is 0.872 bits per heavy atom. The first kappa shape index (κ1) is 25.2. The molecule has 9 nitrogen and oxygen atoms in total. The van der Waals surface area contributed by atoms with Gasteiger partial charge in [-0.05, 0) is 55.3 Å². The molecule has 10 heteroatoms. The molecule has 2 aromatic carbocycles. The summed E-state index contributed by atoms with van der Waals surface area (Å²) in [5.74, 6) is -0.821. The first-order valence-electron chi connectivity index (χ1n) is 13.1. The number of halogens is 1. The van der Waals surface area contributed by atoms with E-state index in [1.807, 2.05) is 15.9 Å². The van der Waals surface area contributed by atoms with E-state index in [0.717, 1.165) is 17.7 Å². The molecule has 1 aromatic heterocycles. The Morgan fingerprint density at radius 3 is 2.38 bits per heavy atom. The van der Waals surface area contributed by atoms with E-state index in [2.05, 4.69) is 0 Å². The van der Waals surface area contributed by atoms with Crippen LogP contribution < -0.4 is 9.80 Å². The third kappa shape index (κ3) is 4.57. The van der Waals surface area contributed by atoms with Crippen molar-refractivity contribution in [3.8, 4) is 0 Å². The zero-order valence-electron chi connectivity index (χ0n) is 21.2. The van der Waals surface area contributed by atoms with Crippen molar-refractivity contribution in [2.45, 2.75) is 12.8 Å². The number of carbonyl (C=O) groups excluding carboxylic acids is 4. The lowest BCUT2D eigenvalue weighted by Gasteiger charge is -2.39. The van der Waals surface area contributed by atoms with Crippen molar-refractivity contribution >= 4 is 46.6 Å². The Balaban J connectivity index is 1.16. The number of anilines is 2. The second kappa shape index (κ2) is 10.2. The standard InChI is InChI=1S/C29H27ClN4O5/c30-20-6-1-7-21(17-20)34-27(36)22-8-2-9-23(25(22)29(34)38)33-11-3-5-19(18-33)26(35)31-12-14-32(15-13-31)28(37)24-10-4-16-39-24/h1-2,4,6-10,16-17,19H,3,5,11-15,18H2/t19-/m1/s1. The van der Waals surface area contributed by atoms with E-state index in [-0.39, 0.29) is 23.6 Å². The molecule has 3 aromatic rings. The summed E-state index contributed by atoms with van der Waals surface area (Å²) >= 11 is 6.12. The second-order valence-corrected chi connectivity index (χ2v) is 10.4. The highest BCUT2D eigenvalue weighted by Gasteiger charge is 2.41. The number of carbonyl (C=O) groups is 4. The maximum Gasteiger partial charge on any atom is 0.289 e. The number of imide groups is 1. The average molecular weight is 547 g/mol. The first-order valence-corrected chi connectivity index (χ1v) is 13.4. The van der Waals surface area contributed by atoms with Gasteiger partial charge in [0.15, 0.2) is 5.76 Å². The fraction of sp³-hybridized carbons (Fsp3) is 0.310. The van der Waals surface area contributed by atoms with Crippen molar-refractivity contribution in [2.75, 3.05) is 49.1 Å². The number of furan rings is 1. The van der Waals surface area contributed by atoms with Gasteiger partial charge >= 0.3 is 0 Å². The summed E-state index contributed by atoms with van der Waals surface area (Å²) < 4.78 is 5.22. The van der Waals surface area contributed by atoms with E-state index in [0.29, 0.717) is 72.6 Å². The van der Waals surface area contributed by atoms with Gasteiger partial charge in [-0.15, -0.1) is 0 Å². The van der Waals surface area contributed by atoms with Crippen LogP contribution in [0.5, 0.6) is 0 Å². The monoisotopic (exact) mass is 546 g/mol. The van der Waals surface area contributed by atoms with Gasteiger partial charge in [-0.1, -0.05) is 23.7 Å². The maximum absolute atomic E-state index is 13.5. The molecule has 0 saturated carbocycles. The van der Waals surface area contributed by atoms with Gasteiger partial charge in [0.05, 0.1) is 34.7 Å². The molecule has 3 aliphatic heterocycles. The lowest BCUT2D eigenvalue weighted by molar-refractivity contribution is -0.137. The van der Waals surface area contributed by atoms with Crippen LogP contribution in [0.15, 0.2) is 65.3 Å². The van der Waals surface area contributed by atoms with E-state index in [9.17, 15) is 19.2 Å². The number of hydrogen-bond donors (Lipinski definition) is 0. The quantitative estimate of drug-likeness (QED) is 0.460. The maximum atomic E-state index is 13.5. The minimum atomic E-state index is -0.390. The van der Waals surface area contributed by atoms with Crippen molar-refractivity contribution in [3.63, 3.8) is 0 Å². The summed E-state index contributed by atoms with van der Waals surface area (Å²) in [6.07, 6.45) is 3.01. The largest absolute Gasteiger partial charge is 0.459 e. The Kier molecular flexibility index (Phi) is 6.60. The molecule has 2 fully saturated rings. The van der Waals surface area contributed by atoms with E-state index < -0.39 is 5.91 Å². The van der Waals surface area contributed by atoms with Gasteiger partial charge in [-0.25, -0.2) is 4.90 Å². The van der Waals surface area contributed by atoms with Crippen LogP contribution >= 0.6 is 11.6 Å². The molecule has 0 N–H and O–H groups in total. The SMILES string of the molecule is O=C(c1ccco1)N1CCN(C(=O)[C@@H]2CCCN(c3cccc4c3C(=O)N(c3cccc(Cl)c3)C4=O)C2)CC1. The van der Waals surface area contributed by atoms with Gasteiger partial charge in [-0.3, -0.25) is 19.2 Å². The van der Waals surface area contributed by atoms with Crippen LogP contribution in [0.1, 0.15) is 44.1 Å². The number of fused-ring (bicyclic) bond motifs is 1. The lowest BCUT2D eigenvalue weighted by atomic mass is 9.94. The molecular weight excluding hydrogens is 520 g/mol. The molecule has 2 saturated heterocycles. The molecule has 1 atom stereocenters. The zero-order valence-corrected chi connectivity index (χ0v) is 22.0. The van der Waals surface area contributed by atoms with Crippen LogP contribution in [0.25, 0.3) is 0 Å². The normalized spacial score (nSPS) is 19.5. The fourth-order valence-electron chi connectivity index (χ4n) is 5.72. The fourth-order valence-corrected chi connectivity index (χ4v) is 5.91. The number of nitrogens with zero attached hydrogens (tertiary/aromatic N) is 4. The van der Waals surface area contributed by atoms with E-state index in [1.165, 1.54) is 6.26 Å². The molecule has 6 rings (SSSR count). The lowest BCUT2D eigenvalue weighted by Crippen LogP contribution is -2.53. The van der Waals surface area contributed by atoms with E-state index in [1.54, 1.807) is 53.4 Å². The van der Waals surface area contributed by atoms with E-state index >= 15 is 0 Å². The summed E-state index contributed by atoms with van der Waals surface area (Å²) in [6.45, 7) is 2.96. The smallest absolute Gasteiger partial charge is 0.289 e. The van der Waals surface area contributed by atoms with E-state index in [4.69, 9.17) is 16.0 Å². The Hall–Kier alpha value is -4.11. The third-order valence-corrected chi connectivity index (χ3v) is 7.92. The van der Waals surface area contributed by atoms with Crippen molar-refractivity contribution in [1.82, 2.24) is 9.80 Å². The molecule has 39 heavy (non-hydrogen) atoms. The van der Waals surface area contributed by atoms with Crippen LogP contribution in [0, 0.1) is 5.92 Å². The summed E-state index contributed by atoms with van der Waals surface area (Å²) in [5, 5.41) is 0.438. The zero-order chi connectivity index (χ0) is 27.1. The molecule has 0 unspecified atom stereocenters.